The van der Waals surface area contributed by atoms with Gasteiger partial charge in [0.25, 0.3) is 0 Å². The molecule has 114 valence electrons. The van der Waals surface area contributed by atoms with E-state index in [-0.39, 0.29) is 11.9 Å². The minimum atomic E-state index is 0.0226. The summed E-state index contributed by atoms with van der Waals surface area (Å²) in [5.74, 6) is 0.829. The van der Waals surface area contributed by atoms with Crippen LogP contribution in [0.2, 0.25) is 0 Å². The topological polar surface area (TPSA) is 58.8 Å². The standard InChI is InChI=1S/C16H23N3O2/c1-18-9-10-19(14(11-17)12-18)16(20)8-5-13-3-6-15(21-2)7-4-13/h3-8,14H,9-12,17H2,1-2H3/b8-5+. The molecule has 1 fully saturated rings. The molecule has 5 nitrogen and oxygen atoms in total. The first-order valence-electron chi connectivity index (χ1n) is 7.15. The molecule has 21 heavy (non-hydrogen) atoms. The van der Waals surface area contributed by atoms with Crippen LogP contribution in [-0.2, 0) is 4.79 Å². The van der Waals surface area contributed by atoms with Gasteiger partial charge in [0.1, 0.15) is 5.75 Å². The Balaban J connectivity index is 2.00. The summed E-state index contributed by atoms with van der Waals surface area (Å²) in [5, 5.41) is 0. The predicted molar refractivity (Wildman–Crippen MR) is 84.1 cm³/mol. The summed E-state index contributed by atoms with van der Waals surface area (Å²) in [6.45, 7) is 2.94. The number of nitrogens with two attached hydrogens (primary N) is 1. The fourth-order valence-corrected chi connectivity index (χ4v) is 2.48. The Morgan fingerprint density at radius 1 is 1.38 bits per heavy atom. The van der Waals surface area contributed by atoms with Crippen molar-refractivity contribution in [3.63, 3.8) is 0 Å². The van der Waals surface area contributed by atoms with Crippen molar-refractivity contribution < 1.29 is 9.53 Å². The number of hydrogen-bond acceptors (Lipinski definition) is 4. The van der Waals surface area contributed by atoms with Crippen molar-refractivity contribution in [2.75, 3.05) is 40.3 Å². The van der Waals surface area contributed by atoms with Gasteiger partial charge in [-0.05, 0) is 30.8 Å². The van der Waals surface area contributed by atoms with Gasteiger partial charge in [-0.15, -0.1) is 0 Å². The SMILES string of the molecule is COc1ccc(/C=C/C(=O)N2CCN(C)CC2CN)cc1. The smallest absolute Gasteiger partial charge is 0.246 e. The van der Waals surface area contributed by atoms with Crippen LogP contribution in [0, 0.1) is 0 Å². The minimum absolute atomic E-state index is 0.0226. The van der Waals surface area contributed by atoms with Crippen LogP contribution in [0.5, 0.6) is 5.75 Å². The second-order valence-corrected chi connectivity index (χ2v) is 5.29. The third-order valence-electron chi connectivity index (χ3n) is 3.78. The van der Waals surface area contributed by atoms with Crippen LogP contribution in [0.4, 0.5) is 0 Å². The van der Waals surface area contributed by atoms with Crippen molar-refractivity contribution in [3.8, 4) is 5.75 Å². The van der Waals surface area contributed by atoms with Crippen LogP contribution in [-0.4, -0.2) is 62.1 Å². The van der Waals surface area contributed by atoms with Gasteiger partial charge >= 0.3 is 0 Å². The Morgan fingerprint density at radius 2 is 2.10 bits per heavy atom. The largest absolute Gasteiger partial charge is 0.497 e. The Morgan fingerprint density at radius 3 is 2.71 bits per heavy atom. The van der Waals surface area contributed by atoms with Crippen LogP contribution >= 0.6 is 0 Å². The van der Waals surface area contributed by atoms with Gasteiger partial charge in [0.15, 0.2) is 0 Å². The lowest BCUT2D eigenvalue weighted by Gasteiger charge is -2.39. The maximum atomic E-state index is 12.3. The Bertz CT molecular complexity index is 499. The number of carbonyl (C=O) groups excluding carboxylic acids is 1. The highest BCUT2D eigenvalue weighted by molar-refractivity contribution is 5.92. The zero-order valence-corrected chi connectivity index (χ0v) is 12.7. The number of piperazine rings is 1. The maximum absolute atomic E-state index is 12.3. The molecule has 1 aliphatic rings. The number of rotatable bonds is 4. The summed E-state index contributed by atoms with van der Waals surface area (Å²) >= 11 is 0. The lowest BCUT2D eigenvalue weighted by Crippen LogP contribution is -2.56. The highest BCUT2D eigenvalue weighted by atomic mass is 16.5. The molecule has 1 aliphatic heterocycles. The molecule has 1 heterocycles. The molecule has 1 unspecified atom stereocenters. The molecular formula is C16H23N3O2. The zero-order chi connectivity index (χ0) is 15.2. The van der Waals surface area contributed by atoms with E-state index in [1.165, 1.54) is 0 Å². The summed E-state index contributed by atoms with van der Waals surface area (Å²) in [4.78, 5) is 16.4. The molecule has 0 aromatic heterocycles. The first-order chi connectivity index (χ1) is 10.1. The minimum Gasteiger partial charge on any atom is -0.497 e. The van der Waals surface area contributed by atoms with E-state index >= 15 is 0 Å². The van der Waals surface area contributed by atoms with Gasteiger partial charge in [0, 0.05) is 32.3 Å². The number of amides is 1. The molecule has 0 spiro atoms. The molecule has 1 aromatic carbocycles. The van der Waals surface area contributed by atoms with Crippen molar-refractivity contribution in [1.29, 1.82) is 0 Å². The zero-order valence-electron chi connectivity index (χ0n) is 12.7. The van der Waals surface area contributed by atoms with Crippen LogP contribution in [0.3, 0.4) is 0 Å². The fraction of sp³-hybridized carbons (Fsp3) is 0.438. The van der Waals surface area contributed by atoms with Crippen LogP contribution < -0.4 is 10.5 Å². The Kier molecular flexibility index (Phi) is 5.36. The van der Waals surface area contributed by atoms with Crippen LogP contribution in [0.15, 0.2) is 30.3 Å². The number of hydrogen-bond donors (Lipinski definition) is 1. The molecule has 0 aliphatic carbocycles. The van der Waals surface area contributed by atoms with Crippen molar-refractivity contribution >= 4 is 12.0 Å². The van der Waals surface area contributed by atoms with E-state index in [0.29, 0.717) is 6.54 Å². The third kappa shape index (κ3) is 4.06. The van der Waals surface area contributed by atoms with E-state index in [9.17, 15) is 4.79 Å². The summed E-state index contributed by atoms with van der Waals surface area (Å²) in [6, 6.07) is 7.70. The van der Waals surface area contributed by atoms with Gasteiger partial charge in [0.2, 0.25) is 5.91 Å². The first kappa shape index (κ1) is 15.5. The van der Waals surface area contributed by atoms with E-state index in [1.807, 2.05) is 35.2 Å². The third-order valence-corrected chi connectivity index (χ3v) is 3.78. The average molecular weight is 289 g/mol. The fourth-order valence-electron chi connectivity index (χ4n) is 2.48. The number of methoxy groups -OCH3 is 1. The van der Waals surface area contributed by atoms with E-state index in [0.717, 1.165) is 30.9 Å². The maximum Gasteiger partial charge on any atom is 0.246 e. The molecule has 1 amide bonds. The van der Waals surface area contributed by atoms with Crippen molar-refractivity contribution in [2.45, 2.75) is 6.04 Å². The lowest BCUT2D eigenvalue weighted by atomic mass is 10.1. The summed E-state index contributed by atoms with van der Waals surface area (Å²) in [6.07, 6.45) is 3.45. The Hall–Kier alpha value is -1.85. The number of likely N-dealkylation sites (N-methyl/N-ethyl adjacent to an activating group) is 1. The van der Waals surface area contributed by atoms with Crippen molar-refractivity contribution in [1.82, 2.24) is 9.80 Å². The van der Waals surface area contributed by atoms with Crippen molar-refractivity contribution in [2.24, 2.45) is 5.73 Å². The molecule has 0 radical (unpaired) electrons. The highest BCUT2D eigenvalue weighted by Gasteiger charge is 2.26. The van der Waals surface area contributed by atoms with Gasteiger partial charge < -0.3 is 20.3 Å². The molecule has 1 aromatic rings. The van der Waals surface area contributed by atoms with Gasteiger partial charge in [0.05, 0.1) is 13.2 Å². The summed E-state index contributed by atoms with van der Waals surface area (Å²) < 4.78 is 5.11. The molecular weight excluding hydrogens is 266 g/mol. The normalized spacial score (nSPS) is 20.0. The van der Waals surface area contributed by atoms with Crippen LogP contribution in [0.25, 0.3) is 6.08 Å². The molecule has 0 saturated carbocycles. The van der Waals surface area contributed by atoms with E-state index in [2.05, 4.69) is 11.9 Å². The average Bonchev–Trinajstić information content (AvgIpc) is 2.52. The monoisotopic (exact) mass is 289 g/mol. The second kappa shape index (κ2) is 7.24. The lowest BCUT2D eigenvalue weighted by molar-refractivity contribution is -0.130. The second-order valence-electron chi connectivity index (χ2n) is 5.29. The van der Waals surface area contributed by atoms with Crippen LogP contribution in [0.1, 0.15) is 5.56 Å². The van der Waals surface area contributed by atoms with Gasteiger partial charge in [-0.3, -0.25) is 4.79 Å². The highest BCUT2D eigenvalue weighted by Crippen LogP contribution is 2.13. The number of nitrogens with zero attached hydrogens (tertiary/aromatic N) is 2. The quantitative estimate of drug-likeness (QED) is 0.833. The molecule has 1 saturated heterocycles. The summed E-state index contributed by atoms with van der Waals surface area (Å²) in [7, 11) is 3.69. The first-order valence-corrected chi connectivity index (χ1v) is 7.15. The van der Waals surface area contributed by atoms with Gasteiger partial charge in [-0.25, -0.2) is 0 Å². The molecule has 0 bridgehead atoms. The number of ether oxygens (including phenoxy) is 1. The van der Waals surface area contributed by atoms with Gasteiger partial charge in [-0.2, -0.15) is 0 Å². The molecule has 1 atom stereocenters. The summed E-state index contributed by atoms with van der Waals surface area (Å²) in [5.41, 5.74) is 6.75. The number of benzene rings is 1. The predicted octanol–water partition coefficient (Wildman–Crippen LogP) is 0.810. The molecule has 2 N–H and O–H groups in total. The molecule has 2 rings (SSSR count). The Labute approximate surface area is 126 Å². The van der Waals surface area contributed by atoms with E-state index in [4.69, 9.17) is 10.5 Å². The van der Waals surface area contributed by atoms with E-state index < -0.39 is 0 Å². The molecule has 5 heteroatoms. The van der Waals surface area contributed by atoms with Crippen molar-refractivity contribution in [3.05, 3.63) is 35.9 Å². The van der Waals surface area contributed by atoms with Gasteiger partial charge in [-0.1, -0.05) is 12.1 Å². The van der Waals surface area contributed by atoms with E-state index in [1.54, 1.807) is 13.2 Å². The number of carbonyl (C=O) groups is 1.